The van der Waals surface area contributed by atoms with Gasteiger partial charge in [-0.3, -0.25) is 14.8 Å². The van der Waals surface area contributed by atoms with E-state index in [4.69, 9.17) is 0 Å². The van der Waals surface area contributed by atoms with E-state index in [0.29, 0.717) is 35.2 Å². The van der Waals surface area contributed by atoms with Crippen molar-refractivity contribution in [3.63, 3.8) is 0 Å². The van der Waals surface area contributed by atoms with Crippen LogP contribution in [0.25, 0.3) is 17.0 Å². The number of benzene rings is 2. The Labute approximate surface area is 196 Å². The van der Waals surface area contributed by atoms with Gasteiger partial charge in [0.15, 0.2) is 11.6 Å². The van der Waals surface area contributed by atoms with Crippen LogP contribution in [0.5, 0.6) is 0 Å². The molecule has 1 saturated heterocycles. The monoisotopic (exact) mass is 491 g/mol. The molecule has 4 aromatic rings. The fourth-order valence-corrected chi connectivity index (χ4v) is 4.68. The van der Waals surface area contributed by atoms with Crippen LogP contribution in [-0.2, 0) is 6.42 Å². The first-order valence-electron chi connectivity index (χ1n) is 11.2. The first-order chi connectivity index (χ1) is 16.7. The molecule has 1 fully saturated rings. The number of piperidine rings is 1. The predicted octanol–water partition coefficient (Wildman–Crippen LogP) is 4.65. The summed E-state index contributed by atoms with van der Waals surface area (Å²) < 4.78 is 66.9. The van der Waals surface area contributed by atoms with Gasteiger partial charge in [0.25, 0.3) is 5.56 Å². The summed E-state index contributed by atoms with van der Waals surface area (Å²) in [4.78, 5) is 22.4. The van der Waals surface area contributed by atoms with Crippen molar-refractivity contribution in [3.05, 3.63) is 81.3 Å². The largest absolute Gasteiger partial charge is 0.401 e. The Morgan fingerprint density at radius 1 is 1.03 bits per heavy atom. The van der Waals surface area contributed by atoms with E-state index >= 15 is 0 Å². The van der Waals surface area contributed by atoms with Crippen LogP contribution >= 0.6 is 0 Å². The van der Waals surface area contributed by atoms with Crippen LogP contribution in [0.2, 0.25) is 0 Å². The summed E-state index contributed by atoms with van der Waals surface area (Å²) in [6.07, 6.45) is -3.40. The van der Waals surface area contributed by atoms with E-state index in [-0.39, 0.29) is 31.4 Å². The number of alkyl halides is 3. The van der Waals surface area contributed by atoms with E-state index in [0.717, 1.165) is 17.6 Å². The van der Waals surface area contributed by atoms with Crippen LogP contribution in [-0.4, -0.2) is 50.5 Å². The van der Waals surface area contributed by atoms with Crippen molar-refractivity contribution < 1.29 is 22.0 Å². The average molecular weight is 491 g/mol. The third-order valence-corrected chi connectivity index (χ3v) is 6.37. The van der Waals surface area contributed by atoms with E-state index in [1.165, 1.54) is 15.6 Å². The van der Waals surface area contributed by atoms with Crippen molar-refractivity contribution in [2.45, 2.75) is 31.4 Å². The zero-order chi connectivity index (χ0) is 24.7. The first kappa shape index (κ1) is 23.3. The average Bonchev–Trinajstić information content (AvgIpc) is 3.37. The van der Waals surface area contributed by atoms with Gasteiger partial charge in [0.2, 0.25) is 5.95 Å². The molecule has 1 aliphatic heterocycles. The lowest BCUT2D eigenvalue weighted by atomic mass is 9.89. The topological polar surface area (TPSA) is 69.7 Å². The summed E-state index contributed by atoms with van der Waals surface area (Å²) in [5.41, 5.74) is 2.33. The highest BCUT2D eigenvalue weighted by Crippen LogP contribution is 2.31. The van der Waals surface area contributed by atoms with E-state index in [1.54, 1.807) is 6.07 Å². The predicted molar refractivity (Wildman–Crippen MR) is 120 cm³/mol. The second kappa shape index (κ2) is 8.95. The number of fused-ring (bicyclic) bond motifs is 1. The lowest BCUT2D eigenvalue weighted by Gasteiger charge is -2.32. The molecule has 0 saturated carbocycles. The molecular weight excluding hydrogens is 469 g/mol. The zero-order valence-electron chi connectivity index (χ0n) is 18.5. The normalized spacial score (nSPS) is 15.8. The molecule has 0 amide bonds. The number of halogens is 5. The Kier molecular flexibility index (Phi) is 5.96. The lowest BCUT2D eigenvalue weighted by Crippen LogP contribution is -2.39. The number of H-pyrrole nitrogens is 2. The molecule has 2 N–H and O–H groups in total. The van der Waals surface area contributed by atoms with Crippen molar-refractivity contribution in [3.8, 4) is 5.95 Å². The third-order valence-electron chi connectivity index (χ3n) is 6.37. The molecule has 0 aliphatic carbocycles. The molecular formula is C24H22F5N5O. The molecule has 35 heavy (non-hydrogen) atoms. The molecule has 6 nitrogen and oxygen atoms in total. The minimum Gasteiger partial charge on any atom is -0.322 e. The van der Waals surface area contributed by atoms with Crippen LogP contribution in [0, 0.1) is 11.6 Å². The van der Waals surface area contributed by atoms with Crippen molar-refractivity contribution in [1.82, 2.24) is 24.6 Å². The van der Waals surface area contributed by atoms with Crippen LogP contribution in [0.4, 0.5) is 22.0 Å². The van der Waals surface area contributed by atoms with Crippen molar-refractivity contribution in [1.29, 1.82) is 0 Å². The third kappa shape index (κ3) is 4.86. The standard InChI is InChI=1S/C24H22F5N5O/c25-17-6-5-14(12-18(17)26)11-16-21(15-7-9-33(10-8-15)13-24(27,28)29)32-34(22(16)35)23-30-19-3-1-2-4-20(19)31-23/h1-6,12,15,32H,7-11,13H2,(H,30,31). The van der Waals surface area contributed by atoms with Gasteiger partial charge in [-0.1, -0.05) is 18.2 Å². The molecule has 0 bridgehead atoms. The molecule has 2 aromatic heterocycles. The van der Waals surface area contributed by atoms with Gasteiger partial charge in [0, 0.05) is 23.6 Å². The number of imidazole rings is 1. The van der Waals surface area contributed by atoms with Crippen LogP contribution in [0.1, 0.15) is 35.6 Å². The number of para-hydroxylation sites is 2. The summed E-state index contributed by atoms with van der Waals surface area (Å²) in [6, 6.07) is 10.7. The molecule has 184 valence electrons. The van der Waals surface area contributed by atoms with Gasteiger partial charge in [0.1, 0.15) is 0 Å². The van der Waals surface area contributed by atoms with E-state index in [9.17, 15) is 26.7 Å². The maximum absolute atomic E-state index is 13.8. The number of aromatic nitrogens is 4. The van der Waals surface area contributed by atoms with Crippen LogP contribution in [0.3, 0.4) is 0 Å². The van der Waals surface area contributed by atoms with Gasteiger partial charge < -0.3 is 4.98 Å². The summed E-state index contributed by atoms with van der Waals surface area (Å²) in [5.74, 6) is -1.93. The Bertz CT molecular complexity index is 1380. The Hall–Kier alpha value is -3.47. The molecule has 3 heterocycles. The highest BCUT2D eigenvalue weighted by atomic mass is 19.4. The van der Waals surface area contributed by atoms with Gasteiger partial charge in [-0.25, -0.2) is 13.8 Å². The first-order valence-corrected chi connectivity index (χ1v) is 11.2. The summed E-state index contributed by atoms with van der Waals surface area (Å²) >= 11 is 0. The minimum absolute atomic E-state index is 0.0395. The fraction of sp³-hybridized carbons (Fsp3) is 0.333. The van der Waals surface area contributed by atoms with E-state index < -0.39 is 29.9 Å². The Morgan fingerprint density at radius 3 is 2.46 bits per heavy atom. The van der Waals surface area contributed by atoms with Gasteiger partial charge in [-0.05, 0) is 55.8 Å². The summed E-state index contributed by atoms with van der Waals surface area (Å²) in [5, 5.41) is 3.11. The highest BCUT2D eigenvalue weighted by Gasteiger charge is 2.34. The molecule has 11 heteroatoms. The number of nitrogens with one attached hydrogen (secondary N) is 2. The molecule has 0 unspecified atom stereocenters. The quantitative estimate of drug-likeness (QED) is 0.400. The molecule has 0 spiro atoms. The number of aromatic amines is 2. The molecule has 5 rings (SSSR count). The van der Waals surface area contributed by atoms with Gasteiger partial charge >= 0.3 is 6.18 Å². The maximum Gasteiger partial charge on any atom is 0.401 e. The van der Waals surface area contributed by atoms with Crippen molar-refractivity contribution in [2.24, 2.45) is 0 Å². The van der Waals surface area contributed by atoms with Gasteiger partial charge in [-0.2, -0.15) is 17.9 Å². The molecule has 0 atom stereocenters. The second-order valence-corrected chi connectivity index (χ2v) is 8.81. The van der Waals surface area contributed by atoms with Gasteiger partial charge in [0.05, 0.1) is 17.6 Å². The number of nitrogens with zero attached hydrogens (tertiary/aromatic N) is 3. The number of likely N-dealkylation sites (tertiary alicyclic amines) is 1. The summed E-state index contributed by atoms with van der Waals surface area (Å²) in [7, 11) is 0. The number of hydrogen-bond acceptors (Lipinski definition) is 3. The molecule has 2 aromatic carbocycles. The smallest absolute Gasteiger partial charge is 0.322 e. The molecule has 0 radical (unpaired) electrons. The van der Waals surface area contributed by atoms with Gasteiger partial charge in [-0.15, -0.1) is 0 Å². The zero-order valence-corrected chi connectivity index (χ0v) is 18.5. The highest BCUT2D eigenvalue weighted by molar-refractivity contribution is 5.75. The summed E-state index contributed by atoms with van der Waals surface area (Å²) in [6.45, 7) is -0.517. The van der Waals surface area contributed by atoms with Crippen molar-refractivity contribution in [2.75, 3.05) is 19.6 Å². The SMILES string of the molecule is O=c1c(Cc2ccc(F)c(F)c2)c(C2CCN(CC(F)(F)F)CC2)[nH]n1-c1nc2ccccc2[nH]1. The fourth-order valence-electron chi connectivity index (χ4n) is 4.68. The van der Waals surface area contributed by atoms with Crippen LogP contribution in [0.15, 0.2) is 47.3 Å². The van der Waals surface area contributed by atoms with Crippen LogP contribution < -0.4 is 5.56 Å². The number of rotatable bonds is 5. The number of hydrogen-bond donors (Lipinski definition) is 2. The minimum atomic E-state index is -4.27. The second-order valence-electron chi connectivity index (χ2n) is 8.81. The maximum atomic E-state index is 13.8. The Morgan fingerprint density at radius 2 is 1.77 bits per heavy atom. The Balaban J connectivity index is 1.51. The lowest BCUT2D eigenvalue weighted by molar-refractivity contribution is -0.148. The van der Waals surface area contributed by atoms with Crippen molar-refractivity contribution >= 4 is 11.0 Å². The molecule has 1 aliphatic rings. The van der Waals surface area contributed by atoms with E-state index in [2.05, 4.69) is 15.1 Å². The van der Waals surface area contributed by atoms with E-state index in [1.807, 2.05) is 18.2 Å².